The molecule has 1 aromatic heterocycles. The van der Waals surface area contributed by atoms with Gasteiger partial charge < -0.3 is 26.0 Å². The number of hydrogen-bond donors (Lipinski definition) is 4. The van der Waals surface area contributed by atoms with E-state index < -0.39 is 5.91 Å². The highest BCUT2D eigenvalue weighted by atomic mass is 16.5. The Hall–Kier alpha value is -5.26. The summed E-state index contributed by atoms with van der Waals surface area (Å²) in [5.74, 6) is -0.161. The van der Waals surface area contributed by atoms with Gasteiger partial charge in [-0.25, -0.2) is 4.98 Å². The third-order valence-electron chi connectivity index (χ3n) is 5.70. The maximum atomic E-state index is 13.4. The maximum Gasteiger partial charge on any atom is 0.257 e. The number of nitriles is 2. The van der Waals surface area contributed by atoms with E-state index in [1.54, 1.807) is 30.3 Å². The zero-order valence-electron chi connectivity index (χ0n) is 22.8. The molecule has 0 aliphatic carbocycles. The minimum Gasteiger partial charge on any atom is -0.378 e. The Kier molecular flexibility index (Phi) is 10.3. The van der Waals surface area contributed by atoms with Crippen LogP contribution in [0.2, 0.25) is 0 Å². The fourth-order valence-corrected chi connectivity index (χ4v) is 3.94. The number of carbonyl (C=O) groups excluding carboxylic acids is 2. The molecule has 0 bridgehead atoms. The van der Waals surface area contributed by atoms with Crippen LogP contribution in [0.15, 0.2) is 42.5 Å². The first-order valence-corrected chi connectivity index (χ1v) is 12.4. The zero-order chi connectivity index (χ0) is 29.1. The number of ether oxygens (including phenoxy) is 1. The summed E-state index contributed by atoms with van der Waals surface area (Å²) in [6, 6.07) is 14.7. The molecule has 0 aliphatic rings. The van der Waals surface area contributed by atoms with Gasteiger partial charge in [0, 0.05) is 44.6 Å². The summed E-state index contributed by atoms with van der Waals surface area (Å²) in [5, 5.41) is 29.9. The van der Waals surface area contributed by atoms with Crippen LogP contribution in [0.4, 0.5) is 23.1 Å². The number of hydrogen-bond acceptors (Lipinski definition) is 9. The van der Waals surface area contributed by atoms with Crippen LogP contribution in [0.1, 0.15) is 45.2 Å². The van der Waals surface area contributed by atoms with Crippen LogP contribution in [-0.2, 0) is 16.1 Å². The molecule has 3 rings (SSSR count). The number of nitrogens with zero attached hydrogens (tertiary/aromatic N) is 4. The van der Waals surface area contributed by atoms with Crippen molar-refractivity contribution in [2.45, 2.75) is 27.4 Å². The maximum absolute atomic E-state index is 13.4. The third kappa shape index (κ3) is 7.87. The van der Waals surface area contributed by atoms with Gasteiger partial charge in [-0.05, 0) is 73.0 Å². The molecule has 0 saturated carbocycles. The molecule has 0 saturated heterocycles. The molecule has 204 valence electrons. The molecule has 11 heteroatoms. The number of carbonyl (C=O) groups is 2. The molecular weight excluding hydrogens is 508 g/mol. The van der Waals surface area contributed by atoms with Crippen LogP contribution in [-0.4, -0.2) is 42.0 Å². The van der Waals surface area contributed by atoms with E-state index in [1.807, 2.05) is 32.0 Å². The average Bonchev–Trinajstić information content (AvgIpc) is 2.92. The number of nitrogens with one attached hydrogen (secondary N) is 4. The highest BCUT2D eigenvalue weighted by Crippen LogP contribution is 2.30. The van der Waals surface area contributed by atoms with Gasteiger partial charge in [0.15, 0.2) is 0 Å². The van der Waals surface area contributed by atoms with Crippen molar-refractivity contribution in [3.05, 3.63) is 76.0 Å². The van der Waals surface area contributed by atoms with Gasteiger partial charge in [0.05, 0.1) is 30.0 Å². The molecule has 0 spiro atoms. The molecule has 2 aromatic carbocycles. The topological polar surface area (TPSA) is 165 Å². The van der Waals surface area contributed by atoms with Crippen molar-refractivity contribution in [1.82, 2.24) is 20.6 Å². The molecule has 3 aromatic rings. The molecule has 0 radical (unpaired) electrons. The summed E-state index contributed by atoms with van der Waals surface area (Å²) in [4.78, 5) is 33.8. The predicted octanol–water partition coefficient (Wildman–Crippen LogP) is 4.00. The van der Waals surface area contributed by atoms with Crippen molar-refractivity contribution < 1.29 is 14.3 Å². The standard InChI is InChI=1S/C29H30N8O3/c1-18-14-22(6-5-11-30)15-19(2)26(18)36-27-25(28(39)33-13-12-32-20(3)38)24(17-40-4)35-29(37-27)34-23-9-7-21(16-31)8-10-23/h5-10,14-15H,12-13,17H2,1-4H3,(H,32,38)(H,33,39)(H2,34,35,36,37)/b6-5+. The molecule has 40 heavy (non-hydrogen) atoms. The number of benzene rings is 2. The Bertz CT molecular complexity index is 1480. The van der Waals surface area contributed by atoms with Gasteiger partial charge >= 0.3 is 0 Å². The summed E-state index contributed by atoms with van der Waals surface area (Å²) in [7, 11) is 1.50. The van der Waals surface area contributed by atoms with Crippen LogP contribution in [0.5, 0.6) is 0 Å². The quantitative estimate of drug-likeness (QED) is 0.208. The van der Waals surface area contributed by atoms with Crippen molar-refractivity contribution in [3.8, 4) is 12.1 Å². The van der Waals surface area contributed by atoms with E-state index in [1.165, 1.54) is 20.1 Å². The van der Waals surface area contributed by atoms with Crippen LogP contribution in [0, 0.1) is 36.5 Å². The van der Waals surface area contributed by atoms with Gasteiger partial charge in [-0.2, -0.15) is 15.5 Å². The summed E-state index contributed by atoms with van der Waals surface area (Å²) in [5.41, 5.74) is 5.07. The molecule has 0 atom stereocenters. The summed E-state index contributed by atoms with van der Waals surface area (Å²) in [6.45, 7) is 5.73. The summed E-state index contributed by atoms with van der Waals surface area (Å²) >= 11 is 0. The van der Waals surface area contributed by atoms with E-state index in [0.29, 0.717) is 16.9 Å². The Morgan fingerprint density at radius 2 is 1.68 bits per heavy atom. The lowest BCUT2D eigenvalue weighted by Gasteiger charge is -2.19. The predicted molar refractivity (Wildman–Crippen MR) is 152 cm³/mol. The molecule has 11 nitrogen and oxygen atoms in total. The van der Waals surface area contributed by atoms with Crippen LogP contribution >= 0.6 is 0 Å². The third-order valence-corrected chi connectivity index (χ3v) is 5.70. The molecule has 2 amide bonds. The van der Waals surface area contributed by atoms with Gasteiger partial charge in [0.25, 0.3) is 5.91 Å². The van der Waals surface area contributed by atoms with E-state index in [4.69, 9.17) is 15.3 Å². The lowest BCUT2D eigenvalue weighted by Crippen LogP contribution is -2.34. The number of amides is 2. The van der Waals surface area contributed by atoms with Crippen molar-refractivity contribution >= 4 is 41.0 Å². The highest BCUT2D eigenvalue weighted by molar-refractivity contribution is 6.01. The number of anilines is 4. The normalized spacial score (nSPS) is 10.4. The van der Waals surface area contributed by atoms with Gasteiger partial charge in [-0.1, -0.05) is 0 Å². The molecule has 4 N–H and O–H groups in total. The van der Waals surface area contributed by atoms with Crippen LogP contribution < -0.4 is 21.3 Å². The molecular formula is C29H30N8O3. The average molecular weight is 539 g/mol. The Balaban J connectivity index is 2.07. The second-order valence-corrected chi connectivity index (χ2v) is 8.82. The smallest absolute Gasteiger partial charge is 0.257 e. The lowest BCUT2D eigenvalue weighted by molar-refractivity contribution is -0.118. The van der Waals surface area contributed by atoms with E-state index >= 15 is 0 Å². The fourth-order valence-electron chi connectivity index (χ4n) is 3.94. The Morgan fingerprint density at radius 3 is 2.27 bits per heavy atom. The molecule has 0 unspecified atom stereocenters. The van der Waals surface area contributed by atoms with E-state index in [0.717, 1.165) is 22.4 Å². The van der Waals surface area contributed by atoms with Gasteiger partial charge in [0.1, 0.15) is 11.4 Å². The fraction of sp³-hybridized carbons (Fsp3) is 0.241. The SMILES string of the molecule is COCc1nc(Nc2ccc(C#N)cc2)nc(Nc2c(C)cc(/C=C/C#N)cc2C)c1C(=O)NCCNC(C)=O. The number of aryl methyl sites for hydroxylation is 2. The van der Waals surface area contributed by atoms with E-state index in [-0.39, 0.29) is 42.9 Å². The van der Waals surface area contributed by atoms with Crippen LogP contribution in [0.25, 0.3) is 6.08 Å². The van der Waals surface area contributed by atoms with Crippen molar-refractivity contribution in [2.75, 3.05) is 30.8 Å². The number of aromatic nitrogens is 2. The first kappa shape index (κ1) is 29.3. The minimum absolute atomic E-state index is 0.0313. The Labute approximate surface area is 232 Å². The Morgan fingerprint density at radius 1 is 1.00 bits per heavy atom. The lowest BCUT2D eigenvalue weighted by atomic mass is 10.0. The number of allylic oxidation sites excluding steroid dienone is 1. The van der Waals surface area contributed by atoms with Crippen LogP contribution in [0.3, 0.4) is 0 Å². The van der Waals surface area contributed by atoms with E-state index in [2.05, 4.69) is 37.3 Å². The van der Waals surface area contributed by atoms with Crippen molar-refractivity contribution in [3.63, 3.8) is 0 Å². The first-order chi connectivity index (χ1) is 19.2. The number of methoxy groups -OCH3 is 1. The molecule has 1 heterocycles. The van der Waals surface area contributed by atoms with Crippen molar-refractivity contribution in [2.24, 2.45) is 0 Å². The summed E-state index contributed by atoms with van der Waals surface area (Å²) < 4.78 is 5.36. The van der Waals surface area contributed by atoms with Gasteiger partial charge in [0.2, 0.25) is 11.9 Å². The second-order valence-electron chi connectivity index (χ2n) is 8.82. The largest absolute Gasteiger partial charge is 0.378 e. The van der Waals surface area contributed by atoms with Gasteiger partial charge in [-0.3, -0.25) is 9.59 Å². The second kappa shape index (κ2) is 14.0. The van der Waals surface area contributed by atoms with E-state index in [9.17, 15) is 9.59 Å². The molecule has 0 fully saturated rings. The number of rotatable bonds is 11. The zero-order valence-corrected chi connectivity index (χ0v) is 22.8. The summed E-state index contributed by atoms with van der Waals surface area (Å²) in [6.07, 6.45) is 3.13. The van der Waals surface area contributed by atoms with Gasteiger partial charge in [-0.15, -0.1) is 0 Å². The monoisotopic (exact) mass is 538 g/mol. The molecule has 0 aliphatic heterocycles. The minimum atomic E-state index is -0.436. The first-order valence-electron chi connectivity index (χ1n) is 12.4. The van der Waals surface area contributed by atoms with Crippen molar-refractivity contribution in [1.29, 1.82) is 10.5 Å². The highest BCUT2D eigenvalue weighted by Gasteiger charge is 2.22.